The van der Waals surface area contributed by atoms with Crippen molar-refractivity contribution < 1.29 is 9.59 Å². The van der Waals surface area contributed by atoms with Crippen molar-refractivity contribution in [3.05, 3.63) is 46.7 Å². The summed E-state index contributed by atoms with van der Waals surface area (Å²) in [5, 5.41) is 7.65. The fraction of sp³-hybridized carbons (Fsp3) is 0.250. The molecule has 0 saturated heterocycles. The molecular weight excluding hydrogens is 316 g/mol. The number of hydrogen-bond acceptors (Lipinski definition) is 4. The Morgan fingerprint density at radius 2 is 2.09 bits per heavy atom. The van der Waals surface area contributed by atoms with E-state index in [4.69, 9.17) is 0 Å². The highest BCUT2D eigenvalue weighted by atomic mass is 32.2. The molecule has 0 aliphatic rings. The first-order valence-corrected chi connectivity index (χ1v) is 8.93. The van der Waals surface area contributed by atoms with E-state index in [1.165, 1.54) is 18.3 Å². The fourth-order valence-electron chi connectivity index (χ4n) is 2.06. The van der Waals surface area contributed by atoms with E-state index in [0.29, 0.717) is 0 Å². The van der Waals surface area contributed by atoms with Gasteiger partial charge in [0, 0.05) is 22.4 Å². The summed E-state index contributed by atoms with van der Waals surface area (Å²) in [7, 11) is 0. The molecular formula is C16H18N2O2S2. The SMILES string of the molecule is CSc1cccc(NC(=O)CC(NC(C)=O)c2cccs2)c1. The summed E-state index contributed by atoms with van der Waals surface area (Å²) in [4.78, 5) is 25.6. The summed E-state index contributed by atoms with van der Waals surface area (Å²) in [5.41, 5.74) is 0.768. The predicted molar refractivity (Wildman–Crippen MR) is 92.3 cm³/mol. The van der Waals surface area contributed by atoms with Crippen molar-refractivity contribution in [1.29, 1.82) is 0 Å². The minimum atomic E-state index is -0.291. The third-order valence-electron chi connectivity index (χ3n) is 3.01. The number of anilines is 1. The monoisotopic (exact) mass is 334 g/mol. The fourth-order valence-corrected chi connectivity index (χ4v) is 3.29. The van der Waals surface area contributed by atoms with Crippen LogP contribution in [0.25, 0.3) is 0 Å². The second kappa shape index (κ2) is 8.00. The van der Waals surface area contributed by atoms with Gasteiger partial charge in [0.2, 0.25) is 11.8 Å². The zero-order valence-electron chi connectivity index (χ0n) is 12.5. The van der Waals surface area contributed by atoms with Crippen molar-refractivity contribution in [2.24, 2.45) is 0 Å². The van der Waals surface area contributed by atoms with Crippen LogP contribution in [0.1, 0.15) is 24.3 Å². The Balaban J connectivity index is 2.03. The second-order valence-corrected chi connectivity index (χ2v) is 6.61. The third-order valence-corrected chi connectivity index (χ3v) is 4.72. The van der Waals surface area contributed by atoms with Crippen molar-refractivity contribution >= 4 is 40.6 Å². The van der Waals surface area contributed by atoms with Crippen molar-refractivity contribution in [2.75, 3.05) is 11.6 Å². The Morgan fingerprint density at radius 3 is 2.73 bits per heavy atom. The first-order valence-electron chi connectivity index (χ1n) is 6.83. The maximum absolute atomic E-state index is 12.2. The molecule has 0 spiro atoms. The Morgan fingerprint density at radius 1 is 1.27 bits per heavy atom. The van der Waals surface area contributed by atoms with Crippen molar-refractivity contribution in [2.45, 2.75) is 24.3 Å². The van der Waals surface area contributed by atoms with Gasteiger partial charge in [-0.15, -0.1) is 23.1 Å². The molecule has 1 unspecified atom stereocenters. The number of amides is 2. The Hall–Kier alpha value is -1.79. The van der Waals surface area contributed by atoms with Gasteiger partial charge in [-0.2, -0.15) is 0 Å². The van der Waals surface area contributed by atoms with Gasteiger partial charge >= 0.3 is 0 Å². The lowest BCUT2D eigenvalue weighted by atomic mass is 10.1. The van der Waals surface area contributed by atoms with Gasteiger partial charge in [-0.3, -0.25) is 9.59 Å². The maximum Gasteiger partial charge on any atom is 0.226 e. The molecule has 0 saturated carbocycles. The minimum absolute atomic E-state index is 0.120. The van der Waals surface area contributed by atoms with Gasteiger partial charge in [0.05, 0.1) is 12.5 Å². The Bertz CT molecular complexity index is 641. The first-order chi connectivity index (χ1) is 10.6. The molecule has 2 amide bonds. The van der Waals surface area contributed by atoms with Crippen LogP contribution in [0.3, 0.4) is 0 Å². The van der Waals surface area contributed by atoms with Crippen LogP contribution in [0.5, 0.6) is 0 Å². The lowest BCUT2D eigenvalue weighted by molar-refractivity contribution is -0.120. The normalized spacial score (nSPS) is 11.7. The molecule has 0 fully saturated rings. The van der Waals surface area contributed by atoms with Crippen molar-refractivity contribution in [3.8, 4) is 0 Å². The van der Waals surface area contributed by atoms with Crippen LogP contribution in [0.4, 0.5) is 5.69 Å². The highest BCUT2D eigenvalue weighted by molar-refractivity contribution is 7.98. The van der Waals surface area contributed by atoms with Gasteiger partial charge in [0.1, 0.15) is 0 Å². The molecule has 1 heterocycles. The van der Waals surface area contributed by atoms with Crippen LogP contribution in [0.15, 0.2) is 46.7 Å². The largest absolute Gasteiger partial charge is 0.348 e. The molecule has 0 aliphatic heterocycles. The molecule has 22 heavy (non-hydrogen) atoms. The summed E-state index contributed by atoms with van der Waals surface area (Å²) in [6, 6.07) is 11.2. The first kappa shape index (κ1) is 16.6. The minimum Gasteiger partial charge on any atom is -0.348 e. The molecule has 1 aromatic carbocycles. The zero-order valence-corrected chi connectivity index (χ0v) is 14.1. The van der Waals surface area contributed by atoms with E-state index in [2.05, 4.69) is 10.6 Å². The number of rotatable bonds is 6. The number of nitrogens with one attached hydrogen (secondary N) is 2. The number of carbonyl (C=O) groups excluding carboxylic acids is 2. The molecule has 2 rings (SSSR count). The Labute approximate surface area is 138 Å². The Kier molecular flexibility index (Phi) is 6.03. The van der Waals surface area contributed by atoms with E-state index in [1.54, 1.807) is 11.8 Å². The number of thiophene rings is 1. The van der Waals surface area contributed by atoms with Gasteiger partial charge in [-0.05, 0) is 35.9 Å². The smallest absolute Gasteiger partial charge is 0.226 e. The van der Waals surface area contributed by atoms with E-state index in [9.17, 15) is 9.59 Å². The van der Waals surface area contributed by atoms with Crippen LogP contribution < -0.4 is 10.6 Å². The van der Waals surface area contributed by atoms with Crippen LogP contribution in [0.2, 0.25) is 0 Å². The summed E-state index contributed by atoms with van der Waals surface area (Å²) < 4.78 is 0. The highest BCUT2D eigenvalue weighted by Gasteiger charge is 2.18. The van der Waals surface area contributed by atoms with E-state index in [1.807, 2.05) is 48.0 Å². The number of benzene rings is 1. The number of carbonyl (C=O) groups is 2. The maximum atomic E-state index is 12.2. The van der Waals surface area contributed by atoms with Gasteiger partial charge in [0.25, 0.3) is 0 Å². The number of thioether (sulfide) groups is 1. The van der Waals surface area contributed by atoms with Crippen LogP contribution >= 0.6 is 23.1 Å². The molecule has 0 aliphatic carbocycles. The van der Waals surface area contributed by atoms with E-state index >= 15 is 0 Å². The van der Waals surface area contributed by atoms with Crippen molar-refractivity contribution in [3.63, 3.8) is 0 Å². The third kappa shape index (κ3) is 4.89. The zero-order chi connectivity index (χ0) is 15.9. The molecule has 116 valence electrons. The van der Waals surface area contributed by atoms with E-state index < -0.39 is 0 Å². The van der Waals surface area contributed by atoms with E-state index in [0.717, 1.165) is 15.5 Å². The van der Waals surface area contributed by atoms with Gasteiger partial charge in [-0.1, -0.05) is 12.1 Å². The lowest BCUT2D eigenvalue weighted by Gasteiger charge is -2.16. The lowest BCUT2D eigenvalue weighted by Crippen LogP contribution is -2.29. The van der Waals surface area contributed by atoms with Gasteiger partial charge < -0.3 is 10.6 Å². The highest BCUT2D eigenvalue weighted by Crippen LogP contribution is 2.23. The molecule has 4 nitrogen and oxygen atoms in total. The van der Waals surface area contributed by atoms with Gasteiger partial charge in [-0.25, -0.2) is 0 Å². The topological polar surface area (TPSA) is 58.2 Å². The molecule has 6 heteroatoms. The molecule has 1 aromatic heterocycles. The molecule has 0 bridgehead atoms. The summed E-state index contributed by atoms with van der Waals surface area (Å²) in [5.74, 6) is -0.263. The average molecular weight is 334 g/mol. The van der Waals surface area contributed by atoms with Crippen LogP contribution in [-0.2, 0) is 9.59 Å². The number of hydrogen-bond donors (Lipinski definition) is 2. The summed E-state index contributed by atoms with van der Waals surface area (Å²) in [6.07, 6.45) is 2.20. The summed E-state index contributed by atoms with van der Waals surface area (Å²) in [6.45, 7) is 1.46. The van der Waals surface area contributed by atoms with Crippen LogP contribution in [0, 0.1) is 0 Å². The molecule has 0 radical (unpaired) electrons. The van der Waals surface area contributed by atoms with Gasteiger partial charge in [0.15, 0.2) is 0 Å². The van der Waals surface area contributed by atoms with Crippen LogP contribution in [-0.4, -0.2) is 18.1 Å². The van der Waals surface area contributed by atoms with Crippen molar-refractivity contribution in [1.82, 2.24) is 5.32 Å². The molecule has 2 N–H and O–H groups in total. The standard InChI is InChI=1S/C16H18N2O2S2/c1-11(19)17-14(15-7-4-8-22-15)10-16(20)18-12-5-3-6-13(9-12)21-2/h3-9,14H,10H2,1-2H3,(H,17,19)(H,18,20). The molecule has 2 aromatic rings. The summed E-state index contributed by atoms with van der Waals surface area (Å²) >= 11 is 3.15. The molecule has 1 atom stereocenters. The quantitative estimate of drug-likeness (QED) is 0.792. The predicted octanol–water partition coefficient (Wildman–Crippen LogP) is 3.68. The second-order valence-electron chi connectivity index (χ2n) is 4.75. The average Bonchev–Trinajstić information content (AvgIpc) is 3.00. The van der Waals surface area contributed by atoms with E-state index in [-0.39, 0.29) is 24.3 Å².